The molecule has 0 aliphatic carbocycles. The summed E-state index contributed by atoms with van der Waals surface area (Å²) in [6.45, 7) is 4.91. The molecule has 9 heteroatoms. The normalized spacial score (nSPS) is 11.0. The molecule has 8 nitrogen and oxygen atoms in total. The predicted molar refractivity (Wildman–Crippen MR) is 164 cm³/mol. The number of hydrogen-bond acceptors (Lipinski definition) is 8. The van der Waals surface area contributed by atoms with Crippen molar-refractivity contribution in [1.82, 2.24) is 4.98 Å². The lowest BCUT2D eigenvalue weighted by Gasteiger charge is -2.12. The predicted octanol–water partition coefficient (Wildman–Crippen LogP) is 8.12. The quantitative estimate of drug-likeness (QED) is 0.0988. The minimum absolute atomic E-state index is 0.0426. The molecule has 0 unspecified atom stereocenters. The van der Waals surface area contributed by atoms with E-state index in [1.54, 1.807) is 18.3 Å². The van der Waals surface area contributed by atoms with Gasteiger partial charge in [-0.05, 0) is 60.9 Å². The Labute approximate surface area is 242 Å². The number of nitrogens with zero attached hydrogens (tertiary/aromatic N) is 3. The van der Waals surface area contributed by atoms with E-state index in [9.17, 15) is 10.1 Å². The topological polar surface area (TPSA) is 98.9 Å². The Morgan fingerprint density at radius 2 is 1.66 bits per heavy atom. The van der Waals surface area contributed by atoms with Crippen molar-refractivity contribution in [2.24, 2.45) is 5.10 Å². The fourth-order valence-electron chi connectivity index (χ4n) is 4.10. The summed E-state index contributed by atoms with van der Waals surface area (Å²) in [7, 11) is 0. The van der Waals surface area contributed by atoms with Gasteiger partial charge in [0.1, 0.15) is 6.61 Å². The molecule has 4 aromatic carbocycles. The first kappa shape index (κ1) is 27.5. The highest BCUT2D eigenvalue weighted by Gasteiger charge is 2.16. The number of ether oxygens (including phenoxy) is 2. The Morgan fingerprint density at radius 3 is 2.37 bits per heavy atom. The van der Waals surface area contributed by atoms with Crippen molar-refractivity contribution in [1.29, 1.82) is 0 Å². The minimum atomic E-state index is -0.405. The molecule has 5 rings (SSSR count). The molecule has 0 amide bonds. The Hall–Kier alpha value is -5.02. The summed E-state index contributed by atoms with van der Waals surface area (Å²) in [4.78, 5) is 16.4. The minimum Gasteiger partial charge on any atom is -0.490 e. The first-order chi connectivity index (χ1) is 20.0. The van der Waals surface area contributed by atoms with Crippen LogP contribution in [0.5, 0.6) is 11.5 Å². The van der Waals surface area contributed by atoms with E-state index in [0.29, 0.717) is 29.8 Å². The van der Waals surface area contributed by atoms with Crippen molar-refractivity contribution in [3.8, 4) is 33.2 Å². The SMILES string of the molecule is CCOc1cc(/C=N\Nc2nc(-c3ccc(C)cc3)c(-c3ccc([N+](=O)[O-])cc3)s2)ccc1OCc1ccccc1. The largest absolute Gasteiger partial charge is 0.490 e. The number of rotatable bonds is 11. The molecule has 1 N–H and O–H groups in total. The van der Waals surface area contributed by atoms with Gasteiger partial charge >= 0.3 is 0 Å². The maximum absolute atomic E-state index is 11.1. The van der Waals surface area contributed by atoms with Crippen molar-refractivity contribution in [2.75, 3.05) is 12.0 Å². The van der Waals surface area contributed by atoms with E-state index in [-0.39, 0.29) is 5.69 Å². The van der Waals surface area contributed by atoms with Crippen LogP contribution < -0.4 is 14.9 Å². The smallest absolute Gasteiger partial charge is 0.269 e. The number of aromatic nitrogens is 1. The maximum Gasteiger partial charge on any atom is 0.269 e. The molecular weight excluding hydrogens is 536 g/mol. The van der Waals surface area contributed by atoms with E-state index in [4.69, 9.17) is 14.5 Å². The van der Waals surface area contributed by atoms with Crippen molar-refractivity contribution < 1.29 is 14.4 Å². The molecule has 0 aliphatic rings. The fourth-order valence-corrected chi connectivity index (χ4v) is 5.04. The van der Waals surface area contributed by atoms with Gasteiger partial charge in [0.2, 0.25) is 5.13 Å². The molecule has 0 atom stereocenters. The molecule has 0 bridgehead atoms. The Bertz CT molecular complexity index is 1650. The summed E-state index contributed by atoms with van der Waals surface area (Å²) in [5, 5.41) is 16.1. The number of hydrogen-bond donors (Lipinski definition) is 1. The lowest BCUT2D eigenvalue weighted by molar-refractivity contribution is -0.384. The summed E-state index contributed by atoms with van der Waals surface area (Å²) in [6.07, 6.45) is 1.70. The molecule has 1 aromatic heterocycles. The molecule has 1 heterocycles. The number of thiazole rings is 1. The van der Waals surface area contributed by atoms with Gasteiger partial charge in [0.25, 0.3) is 5.69 Å². The second-order valence-corrected chi connectivity index (χ2v) is 10.1. The number of benzene rings is 4. The third-order valence-electron chi connectivity index (χ3n) is 6.17. The Kier molecular flexibility index (Phi) is 8.66. The zero-order chi connectivity index (χ0) is 28.6. The highest BCUT2D eigenvalue weighted by atomic mass is 32.1. The maximum atomic E-state index is 11.1. The van der Waals surface area contributed by atoms with Crippen LogP contribution in [0.2, 0.25) is 0 Å². The van der Waals surface area contributed by atoms with E-state index in [2.05, 4.69) is 10.5 Å². The van der Waals surface area contributed by atoms with Crippen molar-refractivity contribution in [3.63, 3.8) is 0 Å². The summed E-state index contributed by atoms with van der Waals surface area (Å²) in [6, 6.07) is 30.2. The Morgan fingerprint density at radius 1 is 0.927 bits per heavy atom. The molecule has 0 radical (unpaired) electrons. The number of anilines is 1. The monoisotopic (exact) mass is 564 g/mol. The van der Waals surface area contributed by atoms with Gasteiger partial charge in [-0.2, -0.15) is 5.10 Å². The van der Waals surface area contributed by atoms with Gasteiger partial charge in [-0.1, -0.05) is 71.5 Å². The van der Waals surface area contributed by atoms with Crippen LogP contribution >= 0.6 is 11.3 Å². The average molecular weight is 565 g/mol. The second kappa shape index (κ2) is 12.9. The fraction of sp³-hybridized carbons (Fsp3) is 0.125. The van der Waals surface area contributed by atoms with Gasteiger partial charge < -0.3 is 9.47 Å². The first-order valence-corrected chi connectivity index (χ1v) is 13.9. The lowest BCUT2D eigenvalue weighted by Crippen LogP contribution is -2.00. The van der Waals surface area contributed by atoms with Crippen LogP contribution in [0.4, 0.5) is 10.8 Å². The third kappa shape index (κ3) is 6.95. The summed E-state index contributed by atoms with van der Waals surface area (Å²) < 4.78 is 11.8. The molecule has 0 saturated carbocycles. The van der Waals surface area contributed by atoms with Crippen LogP contribution in [0, 0.1) is 17.0 Å². The van der Waals surface area contributed by atoms with Crippen LogP contribution in [0.25, 0.3) is 21.7 Å². The van der Waals surface area contributed by atoms with Crippen LogP contribution in [0.15, 0.2) is 102 Å². The van der Waals surface area contributed by atoms with Crippen LogP contribution in [-0.2, 0) is 6.61 Å². The molecule has 41 heavy (non-hydrogen) atoms. The molecule has 206 valence electrons. The van der Waals surface area contributed by atoms with E-state index in [1.807, 2.05) is 86.6 Å². The number of hydrazone groups is 1. The van der Waals surface area contributed by atoms with Gasteiger partial charge in [-0.3, -0.25) is 15.5 Å². The van der Waals surface area contributed by atoms with Crippen LogP contribution in [0.3, 0.4) is 0 Å². The van der Waals surface area contributed by atoms with Crippen molar-refractivity contribution in [3.05, 3.63) is 124 Å². The zero-order valence-electron chi connectivity index (χ0n) is 22.6. The standard InChI is InChI=1S/C32H28N4O4S/c1-3-39-29-19-24(11-18-28(29)40-21-23-7-5-4-6-8-23)20-33-35-32-34-30(25-12-9-22(2)10-13-25)31(41-32)26-14-16-27(17-15-26)36(37)38/h4-20H,3,21H2,1-2H3,(H,34,35)/b33-20-. The van der Waals surface area contributed by atoms with Crippen molar-refractivity contribution >= 4 is 28.4 Å². The van der Waals surface area contributed by atoms with E-state index < -0.39 is 4.92 Å². The highest BCUT2D eigenvalue weighted by molar-refractivity contribution is 7.19. The number of nitrogens with one attached hydrogen (secondary N) is 1. The van der Waals surface area contributed by atoms with Gasteiger partial charge in [-0.25, -0.2) is 4.98 Å². The van der Waals surface area contributed by atoms with Crippen molar-refractivity contribution in [2.45, 2.75) is 20.5 Å². The molecule has 0 fully saturated rings. The third-order valence-corrected chi connectivity index (χ3v) is 7.18. The zero-order valence-corrected chi connectivity index (χ0v) is 23.4. The summed E-state index contributed by atoms with van der Waals surface area (Å²) in [5.74, 6) is 1.31. The Balaban J connectivity index is 1.36. The van der Waals surface area contributed by atoms with Gasteiger partial charge in [-0.15, -0.1) is 0 Å². The lowest BCUT2D eigenvalue weighted by atomic mass is 10.1. The van der Waals surface area contributed by atoms with E-state index >= 15 is 0 Å². The first-order valence-electron chi connectivity index (χ1n) is 13.1. The van der Waals surface area contributed by atoms with E-state index in [0.717, 1.165) is 38.4 Å². The molecular formula is C32H28N4O4S. The summed E-state index contributed by atoms with van der Waals surface area (Å²) >= 11 is 1.43. The van der Waals surface area contributed by atoms with E-state index in [1.165, 1.54) is 23.5 Å². The van der Waals surface area contributed by atoms with Gasteiger partial charge in [0.05, 0.1) is 28.3 Å². The van der Waals surface area contributed by atoms with Crippen LogP contribution in [-0.4, -0.2) is 22.7 Å². The number of nitro benzene ring substituents is 1. The molecule has 0 saturated heterocycles. The van der Waals surface area contributed by atoms with Crippen LogP contribution in [0.1, 0.15) is 23.6 Å². The number of non-ortho nitro benzene ring substituents is 1. The summed E-state index contributed by atoms with van der Waals surface area (Å²) in [5.41, 5.74) is 8.71. The highest BCUT2D eigenvalue weighted by Crippen LogP contribution is 2.39. The number of aryl methyl sites for hydroxylation is 1. The molecule has 0 spiro atoms. The molecule has 5 aromatic rings. The van der Waals surface area contributed by atoms with Gasteiger partial charge in [0, 0.05) is 17.7 Å². The average Bonchev–Trinajstić information content (AvgIpc) is 3.42. The van der Waals surface area contributed by atoms with Gasteiger partial charge in [0.15, 0.2) is 11.5 Å². The molecule has 0 aliphatic heterocycles. The second-order valence-electron chi connectivity index (χ2n) is 9.15. The number of nitro groups is 1.